The van der Waals surface area contributed by atoms with E-state index in [1.807, 2.05) is 65.6 Å². The zero-order chi connectivity index (χ0) is 13.9. The summed E-state index contributed by atoms with van der Waals surface area (Å²) in [4.78, 5) is 14.2. The van der Waals surface area contributed by atoms with Crippen molar-refractivity contribution >= 4 is 11.6 Å². The molecule has 3 heteroatoms. The Labute approximate surface area is 118 Å². The minimum Gasteiger partial charge on any atom is -0.396 e. The molecule has 2 aromatic rings. The van der Waals surface area contributed by atoms with Crippen molar-refractivity contribution in [3.05, 3.63) is 66.2 Å². The smallest absolute Gasteiger partial charge is 0.233 e. The van der Waals surface area contributed by atoms with E-state index in [1.54, 1.807) is 0 Å². The Bertz CT molecular complexity index is 582. The second-order valence-corrected chi connectivity index (χ2v) is 5.02. The Hall–Kier alpha value is -2.13. The molecule has 3 nitrogen and oxygen atoms in total. The van der Waals surface area contributed by atoms with Crippen LogP contribution in [-0.2, 0) is 4.79 Å². The second-order valence-electron chi connectivity index (χ2n) is 5.02. The molecule has 2 aromatic carbocycles. The molecule has 0 unspecified atom stereocenters. The summed E-state index contributed by atoms with van der Waals surface area (Å²) in [5.74, 6) is -0.0262. The van der Waals surface area contributed by atoms with Crippen LogP contribution in [-0.4, -0.2) is 17.6 Å². The molecule has 0 saturated carbocycles. The number of hydrogen-bond donors (Lipinski definition) is 1. The maximum absolute atomic E-state index is 12.4. The van der Waals surface area contributed by atoms with Crippen molar-refractivity contribution in [1.82, 2.24) is 0 Å². The van der Waals surface area contributed by atoms with E-state index in [0.717, 1.165) is 11.3 Å². The highest BCUT2D eigenvalue weighted by molar-refractivity contribution is 6.03. The van der Waals surface area contributed by atoms with Crippen LogP contribution in [0.15, 0.2) is 60.7 Å². The van der Waals surface area contributed by atoms with Gasteiger partial charge < -0.3 is 10.0 Å². The number of aliphatic hydroxyl groups is 1. The third kappa shape index (κ3) is 2.10. The quantitative estimate of drug-likeness (QED) is 0.865. The van der Waals surface area contributed by atoms with Crippen molar-refractivity contribution < 1.29 is 9.90 Å². The van der Waals surface area contributed by atoms with Crippen LogP contribution in [0.4, 0.5) is 5.69 Å². The molecule has 1 aliphatic heterocycles. The van der Waals surface area contributed by atoms with Gasteiger partial charge in [-0.15, -0.1) is 0 Å². The topological polar surface area (TPSA) is 40.5 Å². The number of hydrogen-bond acceptors (Lipinski definition) is 2. The summed E-state index contributed by atoms with van der Waals surface area (Å²) in [6.45, 7) is 0.0440. The predicted molar refractivity (Wildman–Crippen MR) is 78.3 cm³/mol. The van der Waals surface area contributed by atoms with Gasteiger partial charge in [-0.3, -0.25) is 4.79 Å². The molecule has 1 aliphatic rings. The average molecular weight is 267 g/mol. The number of carbonyl (C=O) groups excluding carboxylic acids is 1. The molecule has 1 N–H and O–H groups in total. The molecule has 102 valence electrons. The Morgan fingerprint density at radius 1 is 0.950 bits per heavy atom. The summed E-state index contributed by atoms with van der Waals surface area (Å²) >= 11 is 0. The van der Waals surface area contributed by atoms with E-state index >= 15 is 0 Å². The summed E-state index contributed by atoms with van der Waals surface area (Å²) in [5, 5.41) is 9.17. The number of aliphatic hydroxyl groups excluding tert-OH is 1. The molecular weight excluding hydrogens is 250 g/mol. The molecule has 2 atom stereocenters. The summed E-state index contributed by atoms with van der Waals surface area (Å²) < 4.78 is 0. The molecule has 3 rings (SSSR count). The molecular formula is C17H17NO2. The fraction of sp³-hybridized carbons (Fsp3) is 0.235. The van der Waals surface area contributed by atoms with E-state index in [1.165, 1.54) is 0 Å². The summed E-state index contributed by atoms with van der Waals surface area (Å²) in [5.41, 5.74) is 2.04. The van der Waals surface area contributed by atoms with Crippen molar-refractivity contribution in [3.63, 3.8) is 0 Å². The first-order valence-corrected chi connectivity index (χ1v) is 6.87. The van der Waals surface area contributed by atoms with Crippen LogP contribution in [0.5, 0.6) is 0 Å². The van der Waals surface area contributed by atoms with Gasteiger partial charge in [0.1, 0.15) is 0 Å². The Balaban J connectivity index is 1.95. The van der Waals surface area contributed by atoms with Gasteiger partial charge in [-0.1, -0.05) is 48.5 Å². The van der Waals surface area contributed by atoms with Crippen LogP contribution in [0.3, 0.4) is 0 Å². The number of carbonyl (C=O) groups is 1. The van der Waals surface area contributed by atoms with Crippen molar-refractivity contribution in [1.29, 1.82) is 0 Å². The van der Waals surface area contributed by atoms with E-state index in [2.05, 4.69) is 0 Å². The number of benzene rings is 2. The Morgan fingerprint density at radius 2 is 1.55 bits per heavy atom. The van der Waals surface area contributed by atoms with Gasteiger partial charge in [0.05, 0.1) is 12.0 Å². The summed E-state index contributed by atoms with van der Waals surface area (Å²) in [6.07, 6.45) is 0.516. The first-order chi connectivity index (χ1) is 9.83. The average Bonchev–Trinajstić information content (AvgIpc) is 2.51. The fourth-order valence-corrected chi connectivity index (χ4v) is 2.88. The SMILES string of the molecule is O=C1[C@H](CCO)[C@H](c2ccccc2)N1c1ccccc1. The number of para-hydroxylation sites is 1. The molecule has 1 heterocycles. The van der Waals surface area contributed by atoms with Gasteiger partial charge in [-0.2, -0.15) is 0 Å². The highest BCUT2D eigenvalue weighted by Gasteiger charge is 2.47. The van der Waals surface area contributed by atoms with Crippen LogP contribution in [0, 0.1) is 5.92 Å². The van der Waals surface area contributed by atoms with Gasteiger partial charge >= 0.3 is 0 Å². The highest BCUT2D eigenvalue weighted by Crippen LogP contribution is 2.44. The van der Waals surface area contributed by atoms with Gasteiger partial charge in [0.2, 0.25) is 5.91 Å². The number of rotatable bonds is 4. The largest absolute Gasteiger partial charge is 0.396 e. The maximum Gasteiger partial charge on any atom is 0.233 e. The van der Waals surface area contributed by atoms with Crippen LogP contribution in [0.25, 0.3) is 0 Å². The van der Waals surface area contributed by atoms with Gasteiger partial charge in [0.25, 0.3) is 0 Å². The molecule has 0 spiro atoms. The van der Waals surface area contributed by atoms with Crippen LogP contribution in [0.1, 0.15) is 18.0 Å². The van der Waals surface area contributed by atoms with Gasteiger partial charge in [-0.25, -0.2) is 0 Å². The molecule has 0 bridgehead atoms. The molecule has 1 saturated heterocycles. The number of nitrogens with zero attached hydrogens (tertiary/aromatic N) is 1. The molecule has 1 fully saturated rings. The number of β-lactam (4-membered cyclic amide) rings is 1. The Kier molecular flexibility index (Phi) is 3.52. The summed E-state index contributed by atoms with van der Waals surface area (Å²) in [6, 6.07) is 19.7. The standard InChI is InChI=1S/C17H17NO2/c19-12-11-15-16(13-7-3-1-4-8-13)18(17(15)20)14-9-5-2-6-10-14/h1-10,15-16,19H,11-12H2/t15-,16+/m1/s1. The third-order valence-electron chi connectivity index (χ3n) is 3.83. The molecule has 0 aromatic heterocycles. The normalized spacial score (nSPS) is 21.6. The van der Waals surface area contributed by atoms with E-state index in [0.29, 0.717) is 6.42 Å². The van der Waals surface area contributed by atoms with E-state index < -0.39 is 0 Å². The van der Waals surface area contributed by atoms with Gasteiger partial charge in [0.15, 0.2) is 0 Å². The molecule has 1 amide bonds. The lowest BCUT2D eigenvalue weighted by Crippen LogP contribution is -2.55. The van der Waals surface area contributed by atoms with Crippen molar-refractivity contribution in [3.8, 4) is 0 Å². The van der Waals surface area contributed by atoms with Crippen LogP contribution in [0.2, 0.25) is 0 Å². The molecule has 20 heavy (non-hydrogen) atoms. The zero-order valence-electron chi connectivity index (χ0n) is 11.1. The third-order valence-corrected chi connectivity index (χ3v) is 3.83. The Morgan fingerprint density at radius 3 is 2.15 bits per heavy atom. The predicted octanol–water partition coefficient (Wildman–Crippen LogP) is 2.77. The molecule has 0 aliphatic carbocycles. The first kappa shape index (κ1) is 12.9. The lowest BCUT2D eigenvalue weighted by molar-refractivity contribution is -0.131. The minimum atomic E-state index is -0.123. The van der Waals surface area contributed by atoms with Gasteiger partial charge in [-0.05, 0) is 24.1 Å². The van der Waals surface area contributed by atoms with E-state index in [4.69, 9.17) is 0 Å². The highest BCUT2D eigenvalue weighted by atomic mass is 16.3. The van der Waals surface area contributed by atoms with E-state index in [9.17, 15) is 9.90 Å². The zero-order valence-corrected chi connectivity index (χ0v) is 11.1. The molecule has 0 radical (unpaired) electrons. The second kappa shape index (κ2) is 5.47. The van der Waals surface area contributed by atoms with Crippen molar-refractivity contribution in [2.45, 2.75) is 12.5 Å². The lowest BCUT2D eigenvalue weighted by atomic mass is 9.80. The minimum absolute atomic E-state index is 0.0262. The van der Waals surface area contributed by atoms with Crippen molar-refractivity contribution in [2.75, 3.05) is 11.5 Å². The first-order valence-electron chi connectivity index (χ1n) is 6.87. The van der Waals surface area contributed by atoms with Gasteiger partial charge in [0, 0.05) is 12.3 Å². The number of amides is 1. The maximum atomic E-state index is 12.4. The van der Waals surface area contributed by atoms with Crippen LogP contribution >= 0.6 is 0 Å². The van der Waals surface area contributed by atoms with Crippen molar-refractivity contribution in [2.24, 2.45) is 5.92 Å². The fourth-order valence-electron chi connectivity index (χ4n) is 2.88. The monoisotopic (exact) mass is 267 g/mol. The number of anilines is 1. The summed E-state index contributed by atoms with van der Waals surface area (Å²) in [7, 11) is 0. The van der Waals surface area contributed by atoms with E-state index in [-0.39, 0.29) is 24.5 Å². The lowest BCUT2D eigenvalue weighted by Gasteiger charge is -2.47. The van der Waals surface area contributed by atoms with Crippen LogP contribution < -0.4 is 4.90 Å².